The van der Waals surface area contributed by atoms with E-state index in [1.165, 1.54) is 19.3 Å². The molecule has 1 unspecified atom stereocenters. The van der Waals surface area contributed by atoms with Crippen LogP contribution >= 0.6 is 0 Å². The summed E-state index contributed by atoms with van der Waals surface area (Å²) in [5.74, 6) is 3.08. The SMILES string of the molecule is O=C(C1CC1)N1C[C@@H]2CCCC(N3CCN(c4ncccn4)CC3)[C@@H]2C1. The first-order chi connectivity index (χ1) is 12.8. The number of piperazine rings is 1. The third-order valence-electron chi connectivity index (χ3n) is 6.92. The van der Waals surface area contributed by atoms with E-state index in [2.05, 4.69) is 24.7 Å². The van der Waals surface area contributed by atoms with Gasteiger partial charge in [0.25, 0.3) is 0 Å². The quantitative estimate of drug-likeness (QED) is 0.825. The highest BCUT2D eigenvalue weighted by atomic mass is 16.2. The van der Waals surface area contributed by atoms with Crippen molar-refractivity contribution in [1.82, 2.24) is 19.8 Å². The number of hydrogen-bond acceptors (Lipinski definition) is 5. The van der Waals surface area contributed by atoms with E-state index < -0.39 is 0 Å². The molecule has 5 rings (SSSR count). The van der Waals surface area contributed by atoms with Gasteiger partial charge in [0.1, 0.15) is 0 Å². The summed E-state index contributed by atoms with van der Waals surface area (Å²) >= 11 is 0. The molecule has 1 amide bonds. The molecule has 0 aromatic carbocycles. The number of hydrogen-bond donors (Lipinski definition) is 0. The maximum atomic E-state index is 12.5. The monoisotopic (exact) mass is 355 g/mol. The van der Waals surface area contributed by atoms with Crippen molar-refractivity contribution in [3.63, 3.8) is 0 Å². The number of rotatable bonds is 3. The van der Waals surface area contributed by atoms with Crippen molar-refractivity contribution in [2.75, 3.05) is 44.2 Å². The molecule has 0 radical (unpaired) electrons. The summed E-state index contributed by atoms with van der Waals surface area (Å²) in [6.45, 7) is 6.21. The van der Waals surface area contributed by atoms with E-state index in [-0.39, 0.29) is 0 Å². The van der Waals surface area contributed by atoms with Gasteiger partial charge in [0.05, 0.1) is 0 Å². The molecule has 2 aliphatic heterocycles. The zero-order valence-corrected chi connectivity index (χ0v) is 15.5. The third kappa shape index (κ3) is 3.08. The van der Waals surface area contributed by atoms with Crippen LogP contribution in [0.5, 0.6) is 0 Å². The highest BCUT2D eigenvalue weighted by Gasteiger charge is 2.46. The topological polar surface area (TPSA) is 52.6 Å². The van der Waals surface area contributed by atoms with Gasteiger partial charge in [-0.3, -0.25) is 9.69 Å². The predicted molar refractivity (Wildman–Crippen MR) is 99.7 cm³/mol. The van der Waals surface area contributed by atoms with Crippen LogP contribution in [-0.2, 0) is 4.79 Å². The van der Waals surface area contributed by atoms with Crippen LogP contribution in [0.15, 0.2) is 18.5 Å². The molecule has 3 heterocycles. The van der Waals surface area contributed by atoms with Gasteiger partial charge in [-0.05, 0) is 43.6 Å². The number of carbonyl (C=O) groups is 1. The molecule has 0 spiro atoms. The maximum Gasteiger partial charge on any atom is 0.225 e. The first-order valence-electron chi connectivity index (χ1n) is 10.3. The molecule has 4 aliphatic rings. The largest absolute Gasteiger partial charge is 0.342 e. The second kappa shape index (κ2) is 6.80. The smallest absolute Gasteiger partial charge is 0.225 e. The van der Waals surface area contributed by atoms with Crippen LogP contribution in [0.25, 0.3) is 0 Å². The summed E-state index contributed by atoms with van der Waals surface area (Å²) in [5, 5.41) is 0. The number of fused-ring (bicyclic) bond motifs is 1. The Balaban J connectivity index is 1.22. The standard InChI is InChI=1S/C20H29N5O/c26-19(15-5-6-15)25-13-16-3-1-4-18(17(16)14-25)23-9-11-24(12-10-23)20-21-7-2-8-22-20/h2,7-8,15-18H,1,3-6,9-14H2/t16-,17+,18?/m0/s1. The lowest BCUT2D eigenvalue weighted by atomic mass is 9.77. The van der Waals surface area contributed by atoms with Crippen LogP contribution in [-0.4, -0.2) is 71.0 Å². The van der Waals surface area contributed by atoms with E-state index >= 15 is 0 Å². The van der Waals surface area contributed by atoms with Crippen LogP contribution in [0.3, 0.4) is 0 Å². The van der Waals surface area contributed by atoms with Crippen molar-refractivity contribution in [2.45, 2.75) is 38.1 Å². The lowest BCUT2D eigenvalue weighted by Crippen LogP contribution is -2.54. The van der Waals surface area contributed by atoms with Gasteiger partial charge >= 0.3 is 0 Å². The van der Waals surface area contributed by atoms with Gasteiger partial charge in [-0.1, -0.05) is 6.42 Å². The Labute approximate surface area is 155 Å². The number of nitrogens with zero attached hydrogens (tertiary/aromatic N) is 5. The van der Waals surface area contributed by atoms with Gasteiger partial charge in [0.15, 0.2) is 0 Å². The molecular formula is C20H29N5O. The van der Waals surface area contributed by atoms with E-state index in [1.54, 1.807) is 0 Å². The molecule has 0 N–H and O–H groups in total. The number of likely N-dealkylation sites (tertiary alicyclic amines) is 1. The Morgan fingerprint density at radius 2 is 1.73 bits per heavy atom. The highest BCUT2D eigenvalue weighted by molar-refractivity contribution is 5.81. The third-order valence-corrected chi connectivity index (χ3v) is 6.92. The van der Waals surface area contributed by atoms with Crippen LogP contribution in [0.1, 0.15) is 32.1 Å². The normalized spacial score (nSPS) is 32.5. The number of carbonyl (C=O) groups excluding carboxylic acids is 1. The van der Waals surface area contributed by atoms with Gasteiger partial charge in [0, 0.05) is 63.6 Å². The Kier molecular flexibility index (Phi) is 4.31. The summed E-state index contributed by atoms with van der Waals surface area (Å²) in [6, 6.07) is 2.53. The summed E-state index contributed by atoms with van der Waals surface area (Å²) in [4.78, 5) is 28.5. The van der Waals surface area contributed by atoms with Crippen LogP contribution in [0.4, 0.5) is 5.95 Å². The van der Waals surface area contributed by atoms with E-state index in [9.17, 15) is 4.79 Å². The van der Waals surface area contributed by atoms with Gasteiger partial charge in [0.2, 0.25) is 11.9 Å². The zero-order chi connectivity index (χ0) is 17.5. The minimum atomic E-state index is 0.364. The number of amides is 1. The molecule has 6 nitrogen and oxygen atoms in total. The molecule has 2 saturated carbocycles. The lowest BCUT2D eigenvalue weighted by molar-refractivity contribution is -0.131. The van der Waals surface area contributed by atoms with Gasteiger partial charge < -0.3 is 9.80 Å². The van der Waals surface area contributed by atoms with Gasteiger partial charge in [-0.2, -0.15) is 0 Å². The predicted octanol–water partition coefficient (Wildman–Crippen LogP) is 1.64. The molecule has 6 heteroatoms. The van der Waals surface area contributed by atoms with Crippen LogP contribution in [0, 0.1) is 17.8 Å². The summed E-state index contributed by atoms with van der Waals surface area (Å²) in [6.07, 6.45) is 9.82. The Hall–Kier alpha value is -1.69. The van der Waals surface area contributed by atoms with Crippen molar-refractivity contribution in [1.29, 1.82) is 0 Å². The van der Waals surface area contributed by atoms with Crippen molar-refractivity contribution in [3.8, 4) is 0 Å². The Morgan fingerprint density at radius 3 is 2.46 bits per heavy atom. The lowest BCUT2D eigenvalue weighted by Gasteiger charge is -2.44. The van der Waals surface area contributed by atoms with Gasteiger partial charge in [-0.15, -0.1) is 0 Å². The van der Waals surface area contributed by atoms with Crippen molar-refractivity contribution >= 4 is 11.9 Å². The second-order valence-corrected chi connectivity index (χ2v) is 8.51. The fraction of sp³-hybridized carbons (Fsp3) is 0.750. The minimum absolute atomic E-state index is 0.364. The summed E-state index contributed by atoms with van der Waals surface area (Å²) in [7, 11) is 0. The molecule has 3 atom stereocenters. The molecule has 0 bridgehead atoms. The molecular weight excluding hydrogens is 326 g/mol. The average Bonchev–Trinajstić information content (AvgIpc) is 3.46. The van der Waals surface area contributed by atoms with E-state index in [1.807, 2.05) is 18.5 Å². The van der Waals surface area contributed by atoms with Crippen molar-refractivity contribution in [2.24, 2.45) is 17.8 Å². The van der Waals surface area contributed by atoms with Crippen LogP contribution in [0.2, 0.25) is 0 Å². The molecule has 26 heavy (non-hydrogen) atoms. The summed E-state index contributed by atoms with van der Waals surface area (Å²) < 4.78 is 0. The Bertz CT molecular complexity index is 641. The minimum Gasteiger partial charge on any atom is -0.342 e. The first-order valence-corrected chi connectivity index (χ1v) is 10.3. The summed E-state index contributed by atoms with van der Waals surface area (Å²) in [5.41, 5.74) is 0. The fourth-order valence-electron chi connectivity index (χ4n) is 5.37. The Morgan fingerprint density at radius 1 is 0.962 bits per heavy atom. The maximum absolute atomic E-state index is 12.5. The highest BCUT2D eigenvalue weighted by Crippen LogP contribution is 2.41. The molecule has 2 saturated heterocycles. The first kappa shape index (κ1) is 16.5. The van der Waals surface area contributed by atoms with E-state index in [0.29, 0.717) is 23.8 Å². The number of aromatic nitrogens is 2. The average molecular weight is 355 g/mol. The molecule has 2 aliphatic carbocycles. The number of anilines is 1. The molecule has 140 valence electrons. The molecule has 1 aromatic heterocycles. The fourth-order valence-corrected chi connectivity index (χ4v) is 5.37. The van der Waals surface area contributed by atoms with E-state index in [4.69, 9.17) is 0 Å². The molecule has 1 aromatic rings. The zero-order valence-electron chi connectivity index (χ0n) is 15.5. The molecule has 4 fully saturated rings. The second-order valence-electron chi connectivity index (χ2n) is 8.51. The van der Waals surface area contributed by atoms with Crippen molar-refractivity contribution < 1.29 is 4.79 Å². The van der Waals surface area contributed by atoms with Crippen LogP contribution < -0.4 is 4.90 Å². The van der Waals surface area contributed by atoms with Gasteiger partial charge in [-0.25, -0.2) is 9.97 Å². The van der Waals surface area contributed by atoms with Crippen molar-refractivity contribution in [3.05, 3.63) is 18.5 Å². The van der Waals surface area contributed by atoms with E-state index in [0.717, 1.165) is 64.0 Å².